The van der Waals surface area contributed by atoms with Crippen LogP contribution in [0.5, 0.6) is 0 Å². The van der Waals surface area contributed by atoms with Crippen molar-refractivity contribution >= 4 is 12.4 Å². The first-order chi connectivity index (χ1) is 13.3. The summed E-state index contributed by atoms with van der Waals surface area (Å²) >= 11 is 0. The molecule has 0 radical (unpaired) electrons. The fraction of sp³-hybridized carbons (Fsp3) is 0.130. The molecule has 0 aromatic heterocycles. The van der Waals surface area contributed by atoms with Gasteiger partial charge in [0.25, 0.3) is 0 Å². The highest BCUT2D eigenvalue weighted by Gasteiger charge is 2.28. The van der Waals surface area contributed by atoms with Crippen molar-refractivity contribution in [2.24, 2.45) is 0 Å². The average Bonchev–Trinajstić information content (AvgIpc) is 3.05. The first kappa shape index (κ1) is 17.0. The predicted molar refractivity (Wildman–Crippen MR) is 104 cm³/mol. The van der Waals surface area contributed by atoms with Crippen LogP contribution in [0.3, 0.4) is 0 Å². The Bertz CT molecular complexity index is 951. The zero-order valence-corrected chi connectivity index (χ0v) is 14.7. The van der Waals surface area contributed by atoms with Crippen LogP contribution in [-0.4, -0.2) is 19.0 Å². The molecule has 1 amide bonds. The number of ether oxygens (including phenoxy) is 1. The van der Waals surface area contributed by atoms with E-state index in [0.29, 0.717) is 12.1 Å². The van der Waals surface area contributed by atoms with E-state index in [1.54, 1.807) is 18.2 Å². The fourth-order valence-electron chi connectivity index (χ4n) is 3.60. The summed E-state index contributed by atoms with van der Waals surface area (Å²) in [6.45, 7) is 0.604. The van der Waals surface area contributed by atoms with E-state index < -0.39 is 6.09 Å². The number of carbonyl (C=O) groups excluding carboxylic acids is 2. The van der Waals surface area contributed by atoms with Gasteiger partial charge in [0, 0.05) is 18.0 Å². The standard InChI is InChI=1S/C23H19NO3/c25-14-17-7-5-6-16(12-17)13-24-23(26)27-15-22-20-10-3-1-8-18(20)19-9-2-4-11-21(19)22/h1-12,14,22H,13,15H2,(H,24,26). The molecule has 0 saturated carbocycles. The van der Waals surface area contributed by atoms with Crippen molar-refractivity contribution in [2.75, 3.05) is 6.61 Å². The van der Waals surface area contributed by atoms with Gasteiger partial charge in [0.05, 0.1) is 0 Å². The van der Waals surface area contributed by atoms with Crippen molar-refractivity contribution in [1.82, 2.24) is 5.32 Å². The number of rotatable bonds is 5. The minimum Gasteiger partial charge on any atom is -0.449 e. The Morgan fingerprint density at radius 3 is 2.26 bits per heavy atom. The van der Waals surface area contributed by atoms with Crippen molar-refractivity contribution < 1.29 is 14.3 Å². The molecule has 0 saturated heterocycles. The summed E-state index contributed by atoms with van der Waals surface area (Å²) in [4.78, 5) is 23.0. The summed E-state index contributed by atoms with van der Waals surface area (Å²) < 4.78 is 5.50. The van der Waals surface area contributed by atoms with Crippen LogP contribution in [0.4, 0.5) is 4.79 Å². The molecule has 0 heterocycles. The van der Waals surface area contributed by atoms with E-state index >= 15 is 0 Å². The molecule has 0 spiro atoms. The molecular formula is C23H19NO3. The lowest BCUT2D eigenvalue weighted by Gasteiger charge is -2.14. The van der Waals surface area contributed by atoms with Crippen LogP contribution in [0.15, 0.2) is 72.8 Å². The fourth-order valence-corrected chi connectivity index (χ4v) is 3.60. The van der Waals surface area contributed by atoms with E-state index in [9.17, 15) is 9.59 Å². The molecule has 27 heavy (non-hydrogen) atoms. The first-order valence-electron chi connectivity index (χ1n) is 8.89. The third-order valence-corrected chi connectivity index (χ3v) is 4.87. The molecule has 0 aliphatic heterocycles. The molecule has 134 valence electrons. The van der Waals surface area contributed by atoms with Crippen LogP contribution >= 0.6 is 0 Å². The zero-order valence-electron chi connectivity index (χ0n) is 14.7. The smallest absolute Gasteiger partial charge is 0.407 e. The predicted octanol–water partition coefficient (Wildman–Crippen LogP) is 4.54. The van der Waals surface area contributed by atoms with Gasteiger partial charge in [-0.25, -0.2) is 4.79 Å². The maximum absolute atomic E-state index is 12.1. The molecule has 1 aliphatic rings. The van der Waals surface area contributed by atoms with Crippen molar-refractivity contribution in [3.8, 4) is 11.1 Å². The van der Waals surface area contributed by atoms with Gasteiger partial charge in [0.15, 0.2) is 0 Å². The zero-order chi connectivity index (χ0) is 18.6. The number of hydrogen-bond donors (Lipinski definition) is 1. The SMILES string of the molecule is O=Cc1cccc(CNC(=O)OCC2c3ccccc3-c3ccccc32)c1. The maximum Gasteiger partial charge on any atom is 0.407 e. The molecular weight excluding hydrogens is 338 g/mol. The number of fused-ring (bicyclic) bond motifs is 3. The normalized spacial score (nSPS) is 12.1. The van der Waals surface area contributed by atoms with Crippen molar-refractivity contribution in [3.63, 3.8) is 0 Å². The van der Waals surface area contributed by atoms with Crippen molar-refractivity contribution in [2.45, 2.75) is 12.5 Å². The van der Waals surface area contributed by atoms with Crippen LogP contribution in [0.2, 0.25) is 0 Å². The number of carbonyl (C=O) groups is 2. The summed E-state index contributed by atoms with van der Waals surface area (Å²) in [6, 6.07) is 23.6. The van der Waals surface area contributed by atoms with Gasteiger partial charge in [-0.1, -0.05) is 66.7 Å². The molecule has 3 aromatic rings. The van der Waals surface area contributed by atoms with Gasteiger partial charge >= 0.3 is 6.09 Å². The van der Waals surface area contributed by atoms with E-state index in [1.807, 2.05) is 30.3 Å². The summed E-state index contributed by atoms with van der Waals surface area (Å²) in [5.74, 6) is 0.0431. The summed E-state index contributed by atoms with van der Waals surface area (Å²) in [6.07, 6.45) is 0.324. The van der Waals surface area contributed by atoms with Crippen LogP contribution in [0, 0.1) is 0 Å². The average molecular weight is 357 g/mol. The molecule has 3 aromatic carbocycles. The minimum absolute atomic E-state index is 0.0431. The molecule has 1 N–H and O–H groups in total. The Kier molecular flexibility index (Phi) is 4.71. The molecule has 0 atom stereocenters. The number of benzene rings is 3. The van der Waals surface area contributed by atoms with E-state index in [0.717, 1.165) is 11.8 Å². The van der Waals surface area contributed by atoms with E-state index in [2.05, 4.69) is 29.6 Å². The number of alkyl carbamates (subject to hydrolysis) is 1. The molecule has 1 aliphatic carbocycles. The molecule has 0 bridgehead atoms. The van der Waals surface area contributed by atoms with Gasteiger partial charge in [-0.05, 0) is 33.9 Å². The second kappa shape index (κ2) is 7.46. The van der Waals surface area contributed by atoms with Crippen LogP contribution in [-0.2, 0) is 11.3 Å². The topological polar surface area (TPSA) is 55.4 Å². The second-order valence-electron chi connectivity index (χ2n) is 6.54. The van der Waals surface area contributed by atoms with Gasteiger partial charge in [-0.15, -0.1) is 0 Å². The minimum atomic E-state index is -0.464. The lowest BCUT2D eigenvalue weighted by Crippen LogP contribution is -2.25. The summed E-state index contributed by atoms with van der Waals surface area (Å²) in [7, 11) is 0. The van der Waals surface area contributed by atoms with Crippen LogP contribution in [0.25, 0.3) is 11.1 Å². The Morgan fingerprint density at radius 1 is 0.926 bits per heavy atom. The Morgan fingerprint density at radius 2 is 1.59 bits per heavy atom. The lowest BCUT2D eigenvalue weighted by atomic mass is 9.98. The molecule has 4 rings (SSSR count). The number of amides is 1. The van der Waals surface area contributed by atoms with Gasteiger partial charge in [0.2, 0.25) is 0 Å². The number of hydrogen-bond acceptors (Lipinski definition) is 3. The Hall–Kier alpha value is -3.40. The van der Waals surface area contributed by atoms with Crippen molar-refractivity contribution in [1.29, 1.82) is 0 Å². The third-order valence-electron chi connectivity index (χ3n) is 4.87. The highest BCUT2D eigenvalue weighted by Crippen LogP contribution is 2.44. The number of aldehydes is 1. The van der Waals surface area contributed by atoms with Crippen LogP contribution < -0.4 is 5.32 Å². The third kappa shape index (κ3) is 3.47. The monoisotopic (exact) mass is 357 g/mol. The quantitative estimate of drug-likeness (QED) is 0.682. The maximum atomic E-state index is 12.1. The first-order valence-corrected chi connectivity index (χ1v) is 8.89. The molecule has 4 nitrogen and oxygen atoms in total. The number of nitrogens with one attached hydrogen (secondary N) is 1. The van der Waals surface area contributed by atoms with E-state index in [-0.39, 0.29) is 12.5 Å². The Labute approximate surface area is 157 Å². The molecule has 0 unspecified atom stereocenters. The van der Waals surface area contributed by atoms with Gasteiger partial charge in [-0.2, -0.15) is 0 Å². The largest absolute Gasteiger partial charge is 0.449 e. The van der Waals surface area contributed by atoms with Crippen LogP contribution in [0.1, 0.15) is 33.0 Å². The van der Waals surface area contributed by atoms with Gasteiger partial charge in [0.1, 0.15) is 12.9 Å². The molecule has 0 fully saturated rings. The summed E-state index contributed by atoms with van der Waals surface area (Å²) in [5, 5.41) is 2.75. The van der Waals surface area contributed by atoms with Gasteiger partial charge in [-0.3, -0.25) is 4.79 Å². The van der Waals surface area contributed by atoms with E-state index in [1.165, 1.54) is 22.3 Å². The summed E-state index contributed by atoms with van der Waals surface area (Å²) in [5.41, 5.74) is 6.21. The molecule has 4 heteroatoms. The Balaban J connectivity index is 1.41. The van der Waals surface area contributed by atoms with Crippen molar-refractivity contribution in [3.05, 3.63) is 95.1 Å². The highest BCUT2D eigenvalue weighted by atomic mass is 16.5. The van der Waals surface area contributed by atoms with Gasteiger partial charge < -0.3 is 10.1 Å². The highest BCUT2D eigenvalue weighted by molar-refractivity contribution is 5.79. The second-order valence-corrected chi connectivity index (χ2v) is 6.54. The lowest BCUT2D eigenvalue weighted by molar-refractivity contribution is 0.112. The van der Waals surface area contributed by atoms with E-state index in [4.69, 9.17) is 4.74 Å².